The van der Waals surface area contributed by atoms with Crippen LogP contribution in [0.3, 0.4) is 0 Å². The van der Waals surface area contributed by atoms with Crippen molar-refractivity contribution in [2.75, 3.05) is 5.32 Å². The van der Waals surface area contributed by atoms with E-state index >= 15 is 0 Å². The number of rotatable bonds is 2. The number of hydrogen-bond acceptors (Lipinski definition) is 2. The van der Waals surface area contributed by atoms with Crippen LogP contribution in [0.15, 0.2) is 18.2 Å². The zero-order valence-corrected chi connectivity index (χ0v) is 16.7. The predicted molar refractivity (Wildman–Crippen MR) is 110 cm³/mol. The van der Waals surface area contributed by atoms with E-state index in [9.17, 15) is 0 Å². The molecule has 0 amide bonds. The highest BCUT2D eigenvalue weighted by Gasteiger charge is 2.27. The highest BCUT2D eigenvalue weighted by atomic mass is 35.5. The standard InChI is InChI=1S/C17H25ClN4S2/c1-10-6-4-8-14(11(10)2)19-16(23)21-22-17(24)20-15-9-5-7-13(18)12(15)3/h5,7,9-11,14H,4,6,8H2,1-3H3,(H2,19,21,23)(H2,20,22,24)/t10-,11-,14-/m0/s1. The summed E-state index contributed by atoms with van der Waals surface area (Å²) in [4.78, 5) is 0. The van der Waals surface area contributed by atoms with E-state index in [1.165, 1.54) is 12.8 Å². The van der Waals surface area contributed by atoms with Crippen LogP contribution in [0.4, 0.5) is 5.69 Å². The molecule has 0 unspecified atom stereocenters. The molecule has 0 saturated heterocycles. The van der Waals surface area contributed by atoms with Gasteiger partial charge >= 0.3 is 0 Å². The number of halogens is 1. The molecule has 1 aromatic carbocycles. The van der Waals surface area contributed by atoms with Crippen molar-refractivity contribution < 1.29 is 0 Å². The largest absolute Gasteiger partial charge is 0.358 e. The Morgan fingerprint density at radius 2 is 1.83 bits per heavy atom. The van der Waals surface area contributed by atoms with Gasteiger partial charge < -0.3 is 10.6 Å². The molecule has 1 aliphatic carbocycles. The minimum atomic E-state index is 0.409. The molecular formula is C17H25ClN4S2. The topological polar surface area (TPSA) is 48.1 Å². The Morgan fingerprint density at radius 1 is 1.12 bits per heavy atom. The van der Waals surface area contributed by atoms with Crippen LogP contribution in [0, 0.1) is 18.8 Å². The summed E-state index contributed by atoms with van der Waals surface area (Å²) >= 11 is 16.8. The lowest BCUT2D eigenvalue weighted by atomic mass is 9.78. The number of hydrazine groups is 1. The van der Waals surface area contributed by atoms with Crippen LogP contribution < -0.4 is 21.5 Å². The summed E-state index contributed by atoms with van der Waals surface area (Å²) in [6.45, 7) is 6.53. The summed E-state index contributed by atoms with van der Waals surface area (Å²) in [5.41, 5.74) is 7.69. The third kappa shape index (κ3) is 5.19. The first-order chi connectivity index (χ1) is 11.4. The van der Waals surface area contributed by atoms with Crippen molar-refractivity contribution in [3.8, 4) is 0 Å². The molecular weight excluding hydrogens is 360 g/mol. The number of thiocarbonyl (C=S) groups is 2. The van der Waals surface area contributed by atoms with E-state index in [0.717, 1.165) is 23.6 Å². The highest BCUT2D eigenvalue weighted by Crippen LogP contribution is 2.29. The molecule has 4 nitrogen and oxygen atoms in total. The van der Waals surface area contributed by atoms with Crippen LogP contribution in [-0.2, 0) is 0 Å². The average Bonchev–Trinajstić information content (AvgIpc) is 2.54. The first-order valence-corrected chi connectivity index (χ1v) is 9.46. The maximum Gasteiger partial charge on any atom is 0.189 e. The third-order valence-corrected chi connectivity index (χ3v) is 5.66. The normalized spacial score (nSPS) is 23.2. The van der Waals surface area contributed by atoms with Crippen molar-refractivity contribution in [3.05, 3.63) is 28.8 Å². The van der Waals surface area contributed by atoms with Crippen LogP contribution in [-0.4, -0.2) is 16.3 Å². The maximum absolute atomic E-state index is 6.11. The summed E-state index contributed by atoms with van der Waals surface area (Å²) in [6.07, 6.45) is 3.69. The number of nitrogens with one attached hydrogen (secondary N) is 4. The van der Waals surface area contributed by atoms with Crippen LogP contribution >= 0.6 is 36.0 Å². The summed E-state index contributed by atoms with van der Waals surface area (Å²) in [5, 5.41) is 8.20. The van der Waals surface area contributed by atoms with Crippen LogP contribution in [0.2, 0.25) is 5.02 Å². The van der Waals surface area contributed by atoms with E-state index in [-0.39, 0.29) is 0 Å². The Kier molecular flexibility index (Phi) is 7.07. The van der Waals surface area contributed by atoms with E-state index < -0.39 is 0 Å². The molecule has 2 rings (SSSR count). The van der Waals surface area contributed by atoms with Gasteiger partial charge in [-0.1, -0.05) is 44.4 Å². The lowest BCUT2D eigenvalue weighted by Crippen LogP contribution is -2.53. The van der Waals surface area contributed by atoms with Gasteiger partial charge in [0.15, 0.2) is 10.2 Å². The van der Waals surface area contributed by atoms with Crippen LogP contribution in [0.5, 0.6) is 0 Å². The molecule has 1 aromatic rings. The van der Waals surface area contributed by atoms with Gasteiger partial charge in [-0.25, -0.2) is 0 Å². The molecule has 1 aliphatic rings. The van der Waals surface area contributed by atoms with Gasteiger partial charge in [0, 0.05) is 16.8 Å². The van der Waals surface area contributed by atoms with Gasteiger partial charge in [-0.05, 0) is 67.3 Å². The lowest BCUT2D eigenvalue weighted by Gasteiger charge is -2.35. The van der Waals surface area contributed by atoms with E-state index in [2.05, 4.69) is 35.3 Å². The van der Waals surface area contributed by atoms with Crippen molar-refractivity contribution >= 4 is 51.9 Å². The Morgan fingerprint density at radius 3 is 2.58 bits per heavy atom. The second kappa shape index (κ2) is 8.83. The maximum atomic E-state index is 6.11. The summed E-state index contributed by atoms with van der Waals surface area (Å²) in [7, 11) is 0. The van der Waals surface area contributed by atoms with Crippen molar-refractivity contribution in [3.63, 3.8) is 0 Å². The summed E-state index contributed by atoms with van der Waals surface area (Å²) in [5.74, 6) is 1.33. The van der Waals surface area contributed by atoms with E-state index in [4.69, 9.17) is 36.0 Å². The molecule has 132 valence electrons. The van der Waals surface area contributed by atoms with Gasteiger partial charge in [-0.15, -0.1) is 0 Å². The fourth-order valence-corrected chi connectivity index (χ4v) is 3.54. The van der Waals surface area contributed by atoms with E-state index in [0.29, 0.717) is 27.2 Å². The predicted octanol–water partition coefficient (Wildman–Crippen LogP) is 4.14. The van der Waals surface area contributed by atoms with Gasteiger partial charge in [-0.3, -0.25) is 10.9 Å². The van der Waals surface area contributed by atoms with Crippen molar-refractivity contribution in [2.45, 2.75) is 46.1 Å². The molecule has 0 heterocycles. The van der Waals surface area contributed by atoms with Crippen molar-refractivity contribution in [1.82, 2.24) is 16.2 Å². The van der Waals surface area contributed by atoms with Gasteiger partial charge in [0.25, 0.3) is 0 Å². The monoisotopic (exact) mass is 384 g/mol. The molecule has 24 heavy (non-hydrogen) atoms. The Bertz CT molecular complexity index is 608. The van der Waals surface area contributed by atoms with Gasteiger partial charge in [0.2, 0.25) is 0 Å². The molecule has 0 radical (unpaired) electrons. The summed E-state index contributed by atoms with van der Waals surface area (Å²) in [6, 6.07) is 6.07. The second-order valence-electron chi connectivity index (χ2n) is 6.46. The van der Waals surface area contributed by atoms with Gasteiger partial charge in [-0.2, -0.15) is 0 Å². The second-order valence-corrected chi connectivity index (χ2v) is 7.69. The zero-order valence-electron chi connectivity index (χ0n) is 14.3. The SMILES string of the molecule is Cc1c(Cl)cccc1NC(=S)NNC(=S)N[C@H]1CCC[C@H](C)[C@@H]1C. The molecule has 7 heteroatoms. The van der Waals surface area contributed by atoms with Gasteiger partial charge in [0.1, 0.15) is 0 Å². The highest BCUT2D eigenvalue weighted by molar-refractivity contribution is 7.80. The van der Waals surface area contributed by atoms with E-state index in [1.54, 1.807) is 0 Å². The molecule has 1 fully saturated rings. The summed E-state index contributed by atoms with van der Waals surface area (Å²) < 4.78 is 0. The molecule has 3 atom stereocenters. The third-order valence-electron chi connectivity index (χ3n) is 4.83. The average molecular weight is 385 g/mol. The fraction of sp³-hybridized carbons (Fsp3) is 0.529. The Hall–Kier alpha value is -1.11. The minimum absolute atomic E-state index is 0.409. The first kappa shape index (κ1) is 19.2. The molecule has 0 bridgehead atoms. The zero-order chi connectivity index (χ0) is 17.7. The number of anilines is 1. The molecule has 1 saturated carbocycles. The molecule has 0 aliphatic heterocycles. The Labute approximate surface area is 160 Å². The number of benzene rings is 1. The first-order valence-electron chi connectivity index (χ1n) is 8.27. The van der Waals surface area contributed by atoms with Gasteiger partial charge in [0.05, 0.1) is 0 Å². The molecule has 0 spiro atoms. The minimum Gasteiger partial charge on any atom is -0.358 e. The van der Waals surface area contributed by atoms with E-state index in [1.807, 2.05) is 25.1 Å². The van der Waals surface area contributed by atoms with Crippen molar-refractivity contribution in [1.29, 1.82) is 0 Å². The van der Waals surface area contributed by atoms with Crippen LogP contribution in [0.25, 0.3) is 0 Å². The Balaban J connectivity index is 1.79. The fourth-order valence-electron chi connectivity index (χ4n) is 3.00. The molecule has 4 N–H and O–H groups in total. The smallest absolute Gasteiger partial charge is 0.189 e. The quantitative estimate of drug-likeness (QED) is 0.454. The van der Waals surface area contributed by atoms with Crippen molar-refractivity contribution in [2.24, 2.45) is 11.8 Å². The number of hydrogen-bond donors (Lipinski definition) is 4. The van der Waals surface area contributed by atoms with Crippen LogP contribution in [0.1, 0.15) is 38.7 Å². The molecule has 0 aromatic heterocycles. The lowest BCUT2D eigenvalue weighted by molar-refractivity contribution is 0.224.